The first-order valence-electron chi connectivity index (χ1n) is 9.26. The summed E-state index contributed by atoms with van der Waals surface area (Å²) in [5.74, 6) is 0.189. The van der Waals surface area contributed by atoms with Gasteiger partial charge in [0.05, 0.1) is 0 Å². The first-order valence-corrected chi connectivity index (χ1v) is 10.1. The van der Waals surface area contributed by atoms with Crippen LogP contribution in [0.15, 0.2) is 48.5 Å². The molecule has 2 N–H and O–H groups in total. The number of anilines is 1. The Kier molecular flexibility index (Phi) is 6.91. The number of ether oxygens (including phenoxy) is 1. The second kappa shape index (κ2) is 9.79. The van der Waals surface area contributed by atoms with E-state index in [1.807, 2.05) is 38.1 Å². The number of carbonyl (C=O) groups excluding carboxylic acids is 2. The van der Waals surface area contributed by atoms with Crippen molar-refractivity contribution < 1.29 is 14.3 Å². The van der Waals surface area contributed by atoms with Crippen LogP contribution in [0.4, 0.5) is 5.69 Å². The van der Waals surface area contributed by atoms with Crippen molar-refractivity contribution >= 4 is 28.8 Å². The molecule has 150 valence electrons. The smallest absolute Gasteiger partial charge is 0.286 e. The van der Waals surface area contributed by atoms with Gasteiger partial charge in [0.1, 0.15) is 12.4 Å². The normalized spacial score (nSPS) is 10.4. The Bertz CT molecular complexity index is 1000. The number of aromatic nitrogens is 2. The molecule has 2 amide bonds. The highest BCUT2D eigenvalue weighted by Crippen LogP contribution is 2.18. The summed E-state index contributed by atoms with van der Waals surface area (Å²) in [7, 11) is 0. The van der Waals surface area contributed by atoms with Crippen molar-refractivity contribution in [1.82, 2.24) is 15.5 Å². The van der Waals surface area contributed by atoms with Crippen LogP contribution >= 0.6 is 11.3 Å². The first kappa shape index (κ1) is 20.5. The summed E-state index contributed by atoms with van der Waals surface area (Å²) in [5, 5.41) is 14.3. The molecule has 1 heterocycles. The van der Waals surface area contributed by atoms with E-state index in [9.17, 15) is 9.59 Å². The van der Waals surface area contributed by atoms with Crippen molar-refractivity contribution in [2.75, 3.05) is 11.9 Å². The Morgan fingerprint density at radius 1 is 1.07 bits per heavy atom. The largest absolute Gasteiger partial charge is 0.486 e. The molecule has 0 aliphatic heterocycles. The highest BCUT2D eigenvalue weighted by molar-refractivity contribution is 7.13. The van der Waals surface area contributed by atoms with Crippen LogP contribution in [-0.2, 0) is 6.61 Å². The van der Waals surface area contributed by atoms with Crippen LogP contribution in [-0.4, -0.2) is 28.6 Å². The van der Waals surface area contributed by atoms with Crippen molar-refractivity contribution in [2.24, 2.45) is 0 Å². The average molecular weight is 410 g/mol. The van der Waals surface area contributed by atoms with E-state index in [2.05, 4.69) is 20.8 Å². The Balaban J connectivity index is 1.59. The number of hydrogen-bond acceptors (Lipinski definition) is 6. The molecular weight excluding hydrogens is 388 g/mol. The lowest BCUT2D eigenvalue weighted by Crippen LogP contribution is -2.24. The van der Waals surface area contributed by atoms with Crippen LogP contribution in [0, 0.1) is 6.92 Å². The van der Waals surface area contributed by atoms with E-state index in [-0.39, 0.29) is 23.4 Å². The molecule has 0 bridgehead atoms. The van der Waals surface area contributed by atoms with Crippen LogP contribution in [0.25, 0.3) is 0 Å². The van der Waals surface area contributed by atoms with Gasteiger partial charge in [0.25, 0.3) is 11.8 Å². The van der Waals surface area contributed by atoms with E-state index in [0.717, 1.165) is 17.7 Å². The molecule has 1 aromatic heterocycles. The molecule has 0 aliphatic carbocycles. The average Bonchev–Trinajstić information content (AvgIpc) is 3.20. The van der Waals surface area contributed by atoms with Gasteiger partial charge in [-0.3, -0.25) is 9.59 Å². The van der Waals surface area contributed by atoms with Crippen molar-refractivity contribution in [2.45, 2.75) is 26.9 Å². The van der Waals surface area contributed by atoms with E-state index in [1.54, 1.807) is 24.3 Å². The van der Waals surface area contributed by atoms with Crippen molar-refractivity contribution in [3.05, 3.63) is 69.7 Å². The van der Waals surface area contributed by atoms with Crippen LogP contribution in [0.5, 0.6) is 5.75 Å². The number of hydrogen-bond donors (Lipinski definition) is 2. The molecule has 3 rings (SSSR count). The molecule has 0 radical (unpaired) electrons. The summed E-state index contributed by atoms with van der Waals surface area (Å²) in [6.45, 7) is 4.82. The first-order chi connectivity index (χ1) is 14.0. The second-order valence-corrected chi connectivity index (χ2v) is 7.46. The van der Waals surface area contributed by atoms with Gasteiger partial charge in [0.2, 0.25) is 5.01 Å². The number of nitrogens with one attached hydrogen (secondary N) is 2. The minimum Gasteiger partial charge on any atom is -0.486 e. The fourth-order valence-corrected chi connectivity index (χ4v) is 3.17. The van der Waals surface area contributed by atoms with Crippen LogP contribution < -0.4 is 15.4 Å². The lowest BCUT2D eigenvalue weighted by Gasteiger charge is -2.06. The van der Waals surface area contributed by atoms with Gasteiger partial charge in [0, 0.05) is 17.8 Å². The minimum atomic E-state index is -0.379. The summed E-state index contributed by atoms with van der Waals surface area (Å²) >= 11 is 1.17. The van der Waals surface area contributed by atoms with Crippen LogP contribution in [0.3, 0.4) is 0 Å². The molecule has 0 fully saturated rings. The van der Waals surface area contributed by atoms with Crippen molar-refractivity contribution in [3.63, 3.8) is 0 Å². The third-order valence-corrected chi connectivity index (χ3v) is 4.83. The molecule has 0 aliphatic rings. The van der Waals surface area contributed by atoms with Crippen LogP contribution in [0.2, 0.25) is 0 Å². The maximum Gasteiger partial charge on any atom is 0.286 e. The van der Waals surface area contributed by atoms with Gasteiger partial charge in [-0.25, -0.2) is 0 Å². The quantitative estimate of drug-likeness (QED) is 0.589. The lowest BCUT2D eigenvalue weighted by molar-refractivity contribution is 0.0952. The highest BCUT2D eigenvalue weighted by Gasteiger charge is 2.14. The zero-order valence-corrected chi connectivity index (χ0v) is 17.1. The maximum atomic E-state index is 12.5. The third kappa shape index (κ3) is 5.86. The molecule has 0 atom stereocenters. The van der Waals surface area contributed by atoms with Gasteiger partial charge in [-0.05, 0) is 49.2 Å². The van der Waals surface area contributed by atoms with E-state index < -0.39 is 0 Å². The van der Waals surface area contributed by atoms with E-state index >= 15 is 0 Å². The molecule has 0 spiro atoms. The van der Waals surface area contributed by atoms with Crippen molar-refractivity contribution in [3.8, 4) is 5.75 Å². The summed E-state index contributed by atoms with van der Waals surface area (Å²) in [5.41, 5.74) is 2.11. The molecule has 8 heteroatoms. The summed E-state index contributed by atoms with van der Waals surface area (Å²) < 4.78 is 5.69. The van der Waals surface area contributed by atoms with Gasteiger partial charge >= 0.3 is 0 Å². The van der Waals surface area contributed by atoms with Gasteiger partial charge in [-0.15, -0.1) is 10.2 Å². The predicted octanol–water partition coefficient (Wildman–Crippen LogP) is 3.82. The zero-order valence-electron chi connectivity index (χ0n) is 16.3. The van der Waals surface area contributed by atoms with Crippen molar-refractivity contribution in [1.29, 1.82) is 0 Å². The highest BCUT2D eigenvalue weighted by atomic mass is 32.1. The number of aryl methyl sites for hydroxylation is 1. The van der Waals surface area contributed by atoms with Crippen LogP contribution in [0.1, 0.15) is 44.1 Å². The maximum absolute atomic E-state index is 12.5. The van der Waals surface area contributed by atoms with Gasteiger partial charge in [0.15, 0.2) is 5.01 Å². The molecular formula is C21H22N4O3S. The molecule has 0 saturated carbocycles. The molecule has 0 unspecified atom stereocenters. The van der Waals surface area contributed by atoms with E-state index in [4.69, 9.17) is 4.74 Å². The minimum absolute atomic E-state index is 0.172. The van der Waals surface area contributed by atoms with Gasteiger partial charge in [-0.2, -0.15) is 0 Å². The SMILES string of the molecule is CCCNC(=O)c1cccc(NC(=O)c2nnc(COc3cccc(C)c3)s2)c1. The summed E-state index contributed by atoms with van der Waals surface area (Å²) in [4.78, 5) is 24.5. The zero-order chi connectivity index (χ0) is 20.6. The Morgan fingerprint density at radius 3 is 2.69 bits per heavy atom. The standard InChI is InChI=1S/C21H22N4O3S/c1-3-10-22-19(26)15-7-5-8-16(12-15)23-20(27)21-25-24-18(29-21)13-28-17-9-4-6-14(2)11-17/h4-9,11-12H,3,10,13H2,1-2H3,(H,22,26)(H,23,27). The van der Waals surface area contributed by atoms with E-state index in [0.29, 0.717) is 22.8 Å². The summed E-state index contributed by atoms with van der Waals surface area (Å²) in [6, 6.07) is 14.5. The number of carbonyl (C=O) groups is 2. The molecule has 2 aromatic carbocycles. The number of nitrogens with zero attached hydrogens (tertiary/aromatic N) is 2. The second-order valence-electron chi connectivity index (χ2n) is 6.40. The number of amides is 2. The Labute approximate surface area is 173 Å². The topological polar surface area (TPSA) is 93.2 Å². The number of rotatable bonds is 8. The summed E-state index contributed by atoms with van der Waals surface area (Å²) in [6.07, 6.45) is 0.856. The molecule has 29 heavy (non-hydrogen) atoms. The Morgan fingerprint density at radius 2 is 1.90 bits per heavy atom. The molecule has 7 nitrogen and oxygen atoms in total. The predicted molar refractivity (Wildman–Crippen MR) is 112 cm³/mol. The third-order valence-electron chi connectivity index (χ3n) is 3.93. The molecule has 0 saturated heterocycles. The fraction of sp³-hybridized carbons (Fsp3) is 0.238. The lowest BCUT2D eigenvalue weighted by atomic mass is 10.2. The van der Waals surface area contributed by atoms with E-state index in [1.165, 1.54) is 11.3 Å². The van der Waals surface area contributed by atoms with Gasteiger partial charge in [-0.1, -0.05) is 36.5 Å². The Hall–Kier alpha value is -3.26. The monoisotopic (exact) mass is 410 g/mol. The van der Waals surface area contributed by atoms with Gasteiger partial charge < -0.3 is 15.4 Å². The fourth-order valence-electron chi connectivity index (χ4n) is 2.52. The number of benzene rings is 2. The molecule has 3 aromatic rings.